The zero-order valence-corrected chi connectivity index (χ0v) is 19.1. The van der Waals surface area contributed by atoms with Crippen LogP contribution in [0, 0.1) is 0 Å². The van der Waals surface area contributed by atoms with E-state index in [1.165, 1.54) is 64.2 Å². The summed E-state index contributed by atoms with van der Waals surface area (Å²) in [6.07, 6.45) is 18.5. The van der Waals surface area contributed by atoms with Crippen molar-refractivity contribution in [2.24, 2.45) is 0 Å². The van der Waals surface area contributed by atoms with Crippen LogP contribution in [-0.2, 0) is 14.3 Å². The van der Waals surface area contributed by atoms with Gasteiger partial charge in [-0.2, -0.15) is 0 Å². The molecule has 0 aliphatic rings. The molecule has 0 saturated heterocycles. The van der Waals surface area contributed by atoms with Gasteiger partial charge in [0, 0.05) is 13.1 Å². The van der Waals surface area contributed by atoms with Gasteiger partial charge in [-0.05, 0) is 19.3 Å². The molecule has 0 saturated carbocycles. The molecule has 0 unspecified atom stereocenters. The van der Waals surface area contributed by atoms with E-state index < -0.39 is 11.9 Å². The molecule has 0 radical (unpaired) electrons. The molecule has 28 heavy (non-hydrogen) atoms. The van der Waals surface area contributed by atoms with Gasteiger partial charge in [-0.15, -0.1) is 0 Å². The third-order valence-electron chi connectivity index (χ3n) is 5.26. The first-order chi connectivity index (χ1) is 13.7. The second-order valence-corrected chi connectivity index (χ2v) is 8.02. The van der Waals surface area contributed by atoms with Crippen molar-refractivity contribution < 1.29 is 14.3 Å². The van der Waals surface area contributed by atoms with Crippen LogP contribution in [0.2, 0.25) is 0 Å². The van der Waals surface area contributed by atoms with Crippen molar-refractivity contribution in [3.8, 4) is 0 Å². The van der Waals surface area contributed by atoms with Crippen LogP contribution in [0.15, 0.2) is 0 Å². The number of hydrogen-bond acceptors (Lipinski definition) is 3. The fraction of sp³-hybridized carbons (Fsp3) is 0.917. The van der Waals surface area contributed by atoms with Gasteiger partial charge in [-0.3, -0.25) is 4.79 Å². The molecule has 0 fully saturated rings. The highest BCUT2D eigenvalue weighted by Crippen LogP contribution is 2.09. The van der Waals surface area contributed by atoms with E-state index in [-0.39, 0.29) is 0 Å². The monoisotopic (exact) mass is 397 g/mol. The highest BCUT2D eigenvalue weighted by atomic mass is 16.5. The number of hydrogen-bond donors (Lipinski definition) is 0. The summed E-state index contributed by atoms with van der Waals surface area (Å²) in [6.45, 7) is 8.31. The Labute approximate surface area is 174 Å². The van der Waals surface area contributed by atoms with Crippen LogP contribution in [0.4, 0.5) is 0 Å². The van der Waals surface area contributed by atoms with Crippen LogP contribution in [0.1, 0.15) is 124 Å². The van der Waals surface area contributed by atoms with Crippen molar-refractivity contribution in [1.29, 1.82) is 0 Å². The molecule has 0 spiro atoms. The molecule has 0 heterocycles. The van der Waals surface area contributed by atoms with Crippen LogP contribution < -0.4 is 0 Å². The van der Waals surface area contributed by atoms with Crippen LogP contribution >= 0.6 is 0 Å². The number of ether oxygens (including phenoxy) is 1. The minimum absolute atomic E-state index is 0.374. The zero-order valence-electron chi connectivity index (χ0n) is 19.1. The normalized spacial score (nSPS) is 10.8. The maximum Gasteiger partial charge on any atom is 0.397 e. The molecule has 0 N–H and O–H groups in total. The Morgan fingerprint density at radius 1 is 0.571 bits per heavy atom. The molecule has 0 aliphatic carbocycles. The van der Waals surface area contributed by atoms with Crippen LogP contribution in [0.25, 0.3) is 0 Å². The van der Waals surface area contributed by atoms with Crippen molar-refractivity contribution in [1.82, 2.24) is 4.90 Å². The minimum Gasteiger partial charge on any atom is -0.459 e. The summed E-state index contributed by atoms with van der Waals surface area (Å²) in [5, 5.41) is 0. The van der Waals surface area contributed by atoms with Gasteiger partial charge >= 0.3 is 11.9 Å². The average molecular weight is 398 g/mol. The lowest BCUT2D eigenvalue weighted by molar-refractivity contribution is -0.160. The number of unbranched alkanes of at least 4 members (excludes halogenated alkanes) is 13. The third-order valence-corrected chi connectivity index (χ3v) is 5.26. The van der Waals surface area contributed by atoms with Gasteiger partial charge in [-0.1, -0.05) is 104 Å². The lowest BCUT2D eigenvalue weighted by atomic mass is 10.1. The van der Waals surface area contributed by atoms with Crippen molar-refractivity contribution in [2.75, 3.05) is 19.7 Å². The largest absolute Gasteiger partial charge is 0.459 e. The van der Waals surface area contributed by atoms with Gasteiger partial charge in [0.15, 0.2) is 0 Å². The molecule has 0 atom stereocenters. The van der Waals surface area contributed by atoms with Crippen LogP contribution in [0.3, 0.4) is 0 Å². The van der Waals surface area contributed by atoms with E-state index in [1.54, 1.807) is 4.90 Å². The SMILES string of the molecule is CCCCCCCCCCOC(=O)C(=O)N(CCCCCC)CCCCCC. The second-order valence-electron chi connectivity index (χ2n) is 8.02. The zero-order chi connectivity index (χ0) is 20.9. The quantitative estimate of drug-likeness (QED) is 0.139. The van der Waals surface area contributed by atoms with Crippen LogP contribution in [-0.4, -0.2) is 36.5 Å². The fourth-order valence-electron chi connectivity index (χ4n) is 3.37. The molecule has 0 aromatic carbocycles. The van der Waals surface area contributed by atoms with Gasteiger partial charge in [0.05, 0.1) is 6.61 Å². The molecular formula is C24H47NO3. The van der Waals surface area contributed by atoms with Gasteiger partial charge in [0.2, 0.25) is 0 Å². The fourth-order valence-corrected chi connectivity index (χ4v) is 3.37. The summed E-state index contributed by atoms with van der Waals surface area (Å²) < 4.78 is 5.25. The Bertz CT molecular complexity index is 359. The van der Waals surface area contributed by atoms with E-state index in [4.69, 9.17) is 4.74 Å². The summed E-state index contributed by atoms with van der Waals surface area (Å²) in [5.41, 5.74) is 0. The predicted molar refractivity (Wildman–Crippen MR) is 118 cm³/mol. The van der Waals surface area contributed by atoms with E-state index in [1.807, 2.05) is 0 Å². The molecule has 0 aromatic rings. The second kappa shape index (κ2) is 20.7. The minimum atomic E-state index is -0.658. The summed E-state index contributed by atoms with van der Waals surface area (Å²) in [4.78, 5) is 26.4. The van der Waals surface area contributed by atoms with Gasteiger partial charge in [0.1, 0.15) is 0 Å². The van der Waals surface area contributed by atoms with E-state index in [0.29, 0.717) is 19.7 Å². The lowest BCUT2D eigenvalue weighted by Crippen LogP contribution is -2.39. The number of rotatable bonds is 19. The van der Waals surface area contributed by atoms with Crippen LogP contribution in [0.5, 0.6) is 0 Å². The van der Waals surface area contributed by atoms with Crippen molar-refractivity contribution >= 4 is 11.9 Å². The molecule has 0 bridgehead atoms. The topological polar surface area (TPSA) is 46.6 Å². The predicted octanol–water partition coefficient (Wildman–Crippen LogP) is 6.66. The molecule has 1 amide bonds. The lowest BCUT2D eigenvalue weighted by Gasteiger charge is -2.21. The molecule has 0 aromatic heterocycles. The maximum atomic E-state index is 12.5. The average Bonchev–Trinajstić information content (AvgIpc) is 2.70. The summed E-state index contributed by atoms with van der Waals surface area (Å²) in [6, 6.07) is 0. The van der Waals surface area contributed by atoms with E-state index in [0.717, 1.165) is 38.5 Å². The molecule has 166 valence electrons. The first kappa shape index (κ1) is 26.9. The van der Waals surface area contributed by atoms with Gasteiger partial charge in [0.25, 0.3) is 0 Å². The van der Waals surface area contributed by atoms with E-state index in [2.05, 4.69) is 20.8 Å². The standard InChI is InChI=1S/C24H47NO3/c1-4-7-10-13-14-15-16-19-22-28-24(27)23(26)25(20-17-11-8-5-2)21-18-12-9-6-3/h4-22H2,1-3H3. The number of carbonyl (C=O) groups excluding carboxylic acids is 2. The molecule has 4 heteroatoms. The highest BCUT2D eigenvalue weighted by Gasteiger charge is 2.22. The molecular weight excluding hydrogens is 350 g/mol. The molecule has 0 rings (SSSR count). The van der Waals surface area contributed by atoms with E-state index >= 15 is 0 Å². The first-order valence-corrected chi connectivity index (χ1v) is 12.1. The Hall–Kier alpha value is -1.06. The Morgan fingerprint density at radius 2 is 0.964 bits per heavy atom. The smallest absolute Gasteiger partial charge is 0.397 e. The number of nitrogens with zero attached hydrogens (tertiary/aromatic N) is 1. The molecule has 4 nitrogen and oxygen atoms in total. The Balaban J connectivity index is 4.05. The van der Waals surface area contributed by atoms with Crippen molar-refractivity contribution in [2.45, 2.75) is 124 Å². The number of carbonyl (C=O) groups is 2. The number of amides is 1. The molecule has 0 aliphatic heterocycles. The summed E-state index contributed by atoms with van der Waals surface area (Å²) in [7, 11) is 0. The number of esters is 1. The van der Waals surface area contributed by atoms with Crippen molar-refractivity contribution in [3.05, 3.63) is 0 Å². The first-order valence-electron chi connectivity index (χ1n) is 12.1. The van der Waals surface area contributed by atoms with Crippen molar-refractivity contribution in [3.63, 3.8) is 0 Å². The highest BCUT2D eigenvalue weighted by molar-refractivity contribution is 6.32. The van der Waals surface area contributed by atoms with E-state index in [9.17, 15) is 9.59 Å². The Morgan fingerprint density at radius 3 is 1.43 bits per heavy atom. The summed E-state index contributed by atoms with van der Waals surface area (Å²) in [5.74, 6) is -1.10. The summed E-state index contributed by atoms with van der Waals surface area (Å²) >= 11 is 0. The maximum absolute atomic E-state index is 12.5. The third kappa shape index (κ3) is 15.9. The van der Waals surface area contributed by atoms with Gasteiger partial charge in [-0.25, -0.2) is 4.79 Å². The Kier molecular flexibility index (Phi) is 19.9. The van der Waals surface area contributed by atoms with Gasteiger partial charge < -0.3 is 9.64 Å².